The van der Waals surface area contributed by atoms with Gasteiger partial charge < -0.3 is 14.2 Å². The van der Waals surface area contributed by atoms with Crippen LogP contribution in [-0.2, 0) is 9.57 Å². The molecule has 1 aliphatic heterocycles. The third-order valence-corrected chi connectivity index (χ3v) is 3.91. The molecule has 1 saturated heterocycles. The summed E-state index contributed by atoms with van der Waals surface area (Å²) in [5.74, 6) is 0.634. The molecule has 0 spiro atoms. The Hall–Kier alpha value is -1.31. The Morgan fingerprint density at radius 2 is 1.95 bits per heavy atom. The fourth-order valence-electron chi connectivity index (χ4n) is 1.98. The lowest BCUT2D eigenvalue weighted by molar-refractivity contribution is -0.186. The SMILES string of the molecule is COc1cc(C(=O)NO[C@@H]2CCCCO2)cc(OC)c1Br. The zero-order valence-corrected chi connectivity index (χ0v) is 13.6. The summed E-state index contributed by atoms with van der Waals surface area (Å²) in [4.78, 5) is 17.4. The molecular formula is C14H18BrNO5. The molecule has 6 nitrogen and oxygen atoms in total. The van der Waals surface area contributed by atoms with E-state index in [2.05, 4.69) is 21.4 Å². The number of hydrogen-bond donors (Lipinski definition) is 1. The van der Waals surface area contributed by atoms with Gasteiger partial charge in [-0.1, -0.05) is 0 Å². The van der Waals surface area contributed by atoms with Crippen LogP contribution >= 0.6 is 15.9 Å². The molecule has 1 aromatic rings. The van der Waals surface area contributed by atoms with Gasteiger partial charge in [0.05, 0.1) is 14.2 Å². The van der Waals surface area contributed by atoms with Gasteiger partial charge in [0.15, 0.2) is 6.29 Å². The van der Waals surface area contributed by atoms with Crippen molar-refractivity contribution in [3.05, 3.63) is 22.2 Å². The van der Waals surface area contributed by atoms with Gasteiger partial charge in [0.2, 0.25) is 0 Å². The van der Waals surface area contributed by atoms with E-state index in [1.54, 1.807) is 12.1 Å². The van der Waals surface area contributed by atoms with Crippen LogP contribution in [0.2, 0.25) is 0 Å². The first-order valence-corrected chi connectivity index (χ1v) is 7.44. The molecule has 2 rings (SSSR count). The quantitative estimate of drug-likeness (QED) is 0.818. The summed E-state index contributed by atoms with van der Waals surface area (Å²) >= 11 is 3.35. The van der Waals surface area contributed by atoms with Gasteiger partial charge in [-0.2, -0.15) is 0 Å². The van der Waals surface area contributed by atoms with E-state index in [-0.39, 0.29) is 12.2 Å². The molecule has 7 heteroatoms. The van der Waals surface area contributed by atoms with Crippen LogP contribution in [0.1, 0.15) is 29.6 Å². The smallest absolute Gasteiger partial charge is 0.275 e. The van der Waals surface area contributed by atoms with Crippen LogP contribution in [0.3, 0.4) is 0 Å². The lowest BCUT2D eigenvalue weighted by Crippen LogP contribution is -2.33. The monoisotopic (exact) mass is 359 g/mol. The third kappa shape index (κ3) is 4.09. The van der Waals surface area contributed by atoms with Crippen LogP contribution in [0.5, 0.6) is 11.5 Å². The summed E-state index contributed by atoms with van der Waals surface area (Å²) in [5.41, 5.74) is 2.78. The second kappa shape index (κ2) is 7.63. The van der Waals surface area contributed by atoms with Gasteiger partial charge in [-0.05, 0) is 40.9 Å². The minimum Gasteiger partial charge on any atom is -0.495 e. The van der Waals surface area contributed by atoms with Gasteiger partial charge in [-0.25, -0.2) is 10.3 Å². The Morgan fingerprint density at radius 1 is 1.29 bits per heavy atom. The van der Waals surface area contributed by atoms with Crippen molar-refractivity contribution in [2.75, 3.05) is 20.8 Å². The van der Waals surface area contributed by atoms with Crippen LogP contribution in [0.4, 0.5) is 0 Å². The minimum absolute atomic E-state index is 0.378. The molecule has 1 aliphatic rings. The molecule has 0 radical (unpaired) electrons. The van der Waals surface area contributed by atoms with Gasteiger partial charge in [0.1, 0.15) is 16.0 Å². The molecule has 0 aliphatic carbocycles. The molecule has 0 bridgehead atoms. The number of hydrogen-bond acceptors (Lipinski definition) is 5. The summed E-state index contributed by atoms with van der Waals surface area (Å²) in [6.45, 7) is 0.653. The lowest BCUT2D eigenvalue weighted by Gasteiger charge is -2.22. The van der Waals surface area contributed by atoms with Crippen molar-refractivity contribution in [1.29, 1.82) is 0 Å². The van der Waals surface area contributed by atoms with E-state index < -0.39 is 0 Å². The van der Waals surface area contributed by atoms with Crippen molar-refractivity contribution in [1.82, 2.24) is 5.48 Å². The van der Waals surface area contributed by atoms with E-state index in [4.69, 9.17) is 19.0 Å². The van der Waals surface area contributed by atoms with Crippen molar-refractivity contribution in [3.63, 3.8) is 0 Å². The molecule has 1 atom stereocenters. The van der Waals surface area contributed by atoms with Crippen molar-refractivity contribution in [2.24, 2.45) is 0 Å². The molecule has 1 N–H and O–H groups in total. The molecule has 0 aromatic heterocycles. The number of carbonyl (C=O) groups is 1. The van der Waals surface area contributed by atoms with Gasteiger partial charge in [0.25, 0.3) is 5.91 Å². The second-order valence-corrected chi connectivity index (χ2v) is 5.33. The fraction of sp³-hybridized carbons (Fsp3) is 0.500. The third-order valence-electron chi connectivity index (χ3n) is 3.13. The molecule has 116 valence electrons. The van der Waals surface area contributed by atoms with Crippen LogP contribution < -0.4 is 15.0 Å². The molecule has 0 unspecified atom stereocenters. The highest BCUT2D eigenvalue weighted by molar-refractivity contribution is 9.10. The number of ether oxygens (including phenoxy) is 3. The predicted molar refractivity (Wildman–Crippen MR) is 79.4 cm³/mol. The van der Waals surface area contributed by atoms with Crippen molar-refractivity contribution in [3.8, 4) is 11.5 Å². The molecule has 21 heavy (non-hydrogen) atoms. The zero-order valence-electron chi connectivity index (χ0n) is 12.0. The first-order valence-electron chi connectivity index (χ1n) is 6.65. The highest BCUT2D eigenvalue weighted by Gasteiger charge is 2.18. The topological polar surface area (TPSA) is 66.0 Å². The van der Waals surface area contributed by atoms with Crippen molar-refractivity contribution >= 4 is 21.8 Å². The van der Waals surface area contributed by atoms with Crippen LogP contribution in [0, 0.1) is 0 Å². The zero-order chi connectivity index (χ0) is 15.2. The average Bonchev–Trinajstić information content (AvgIpc) is 2.53. The van der Waals surface area contributed by atoms with Crippen LogP contribution in [0.25, 0.3) is 0 Å². The number of methoxy groups -OCH3 is 2. The second-order valence-electron chi connectivity index (χ2n) is 4.54. The van der Waals surface area contributed by atoms with Gasteiger partial charge >= 0.3 is 0 Å². The van der Waals surface area contributed by atoms with Crippen LogP contribution in [-0.4, -0.2) is 33.0 Å². The normalized spacial score (nSPS) is 18.1. The van der Waals surface area contributed by atoms with E-state index in [9.17, 15) is 4.79 Å². The minimum atomic E-state index is -0.387. The Balaban J connectivity index is 2.04. The van der Waals surface area contributed by atoms with Crippen molar-refractivity contribution < 1.29 is 23.8 Å². The highest BCUT2D eigenvalue weighted by Crippen LogP contribution is 2.35. The standard InChI is InChI=1S/C14H18BrNO5/c1-18-10-7-9(8-11(19-2)13(10)15)14(17)16-21-12-5-3-4-6-20-12/h7-8,12H,3-6H2,1-2H3,(H,16,17)/t12-/m1/s1. The Bertz CT molecular complexity index is 477. The summed E-state index contributed by atoms with van der Waals surface area (Å²) in [5, 5.41) is 0. The molecule has 1 amide bonds. The van der Waals surface area contributed by atoms with Crippen LogP contribution in [0.15, 0.2) is 16.6 Å². The predicted octanol–water partition coefficient (Wildman–Crippen LogP) is 2.65. The summed E-state index contributed by atoms with van der Waals surface area (Å²) in [6, 6.07) is 3.21. The molecule has 1 aromatic carbocycles. The number of nitrogens with one attached hydrogen (secondary N) is 1. The molecule has 0 saturated carbocycles. The summed E-state index contributed by atoms with van der Waals surface area (Å²) < 4.78 is 16.4. The van der Waals surface area contributed by atoms with E-state index >= 15 is 0 Å². The van der Waals surface area contributed by atoms with Gasteiger partial charge in [-0.3, -0.25) is 4.79 Å². The van der Waals surface area contributed by atoms with E-state index in [0.717, 1.165) is 19.3 Å². The maximum atomic E-state index is 12.1. The average molecular weight is 360 g/mol. The molecular weight excluding hydrogens is 342 g/mol. The molecule has 1 heterocycles. The number of rotatable bonds is 5. The Morgan fingerprint density at radius 3 is 2.48 bits per heavy atom. The van der Waals surface area contributed by atoms with Gasteiger partial charge in [-0.15, -0.1) is 0 Å². The van der Waals surface area contributed by atoms with E-state index in [1.807, 2.05) is 0 Å². The first-order chi connectivity index (χ1) is 10.2. The van der Waals surface area contributed by atoms with Crippen molar-refractivity contribution in [2.45, 2.75) is 25.6 Å². The summed E-state index contributed by atoms with van der Waals surface area (Å²) in [6.07, 6.45) is 2.43. The largest absolute Gasteiger partial charge is 0.495 e. The van der Waals surface area contributed by atoms with E-state index in [1.165, 1.54) is 14.2 Å². The number of benzene rings is 1. The number of carbonyl (C=O) groups excluding carboxylic acids is 1. The number of hydroxylamine groups is 1. The Kier molecular flexibility index (Phi) is 5.84. The maximum Gasteiger partial charge on any atom is 0.275 e. The first kappa shape index (κ1) is 16.1. The number of amides is 1. The lowest BCUT2D eigenvalue weighted by atomic mass is 10.2. The summed E-state index contributed by atoms with van der Waals surface area (Å²) in [7, 11) is 3.04. The van der Waals surface area contributed by atoms with Gasteiger partial charge in [0, 0.05) is 18.6 Å². The fourth-order valence-corrected chi connectivity index (χ4v) is 2.54. The molecule has 1 fully saturated rings. The Labute approximate surface area is 131 Å². The number of halogens is 1. The highest BCUT2D eigenvalue weighted by atomic mass is 79.9. The van der Waals surface area contributed by atoms with E-state index in [0.29, 0.717) is 28.1 Å². The maximum absolute atomic E-state index is 12.1.